The summed E-state index contributed by atoms with van der Waals surface area (Å²) in [5.74, 6) is 2.08. The number of nitrogens with one attached hydrogen (secondary N) is 1. The zero-order chi connectivity index (χ0) is 18.3. The van der Waals surface area contributed by atoms with Gasteiger partial charge >= 0.3 is 0 Å². The van der Waals surface area contributed by atoms with E-state index in [0.29, 0.717) is 12.0 Å². The standard InChI is InChI=1S/C23H44N2/c1-5-7-9-11-12-14-15-17-21(3)23-24-19-20-25(23)22(4)18-16-13-10-8-6-2/h19-22H,5-18H2,1-4H3/p+1. The first-order chi connectivity index (χ1) is 12.2. The van der Waals surface area contributed by atoms with E-state index in [4.69, 9.17) is 0 Å². The molecule has 146 valence electrons. The summed E-state index contributed by atoms with van der Waals surface area (Å²) in [6, 6.07) is 0.624. The van der Waals surface area contributed by atoms with Crippen LogP contribution in [0, 0.1) is 0 Å². The maximum absolute atomic E-state index is 3.53. The second-order valence-electron chi connectivity index (χ2n) is 8.12. The molecule has 0 spiro atoms. The number of nitrogens with zero attached hydrogens (tertiary/aromatic N) is 1. The first kappa shape index (κ1) is 22.3. The largest absolute Gasteiger partial charge is 0.257 e. The fourth-order valence-corrected chi connectivity index (χ4v) is 3.87. The second-order valence-corrected chi connectivity index (χ2v) is 8.12. The van der Waals surface area contributed by atoms with Crippen molar-refractivity contribution in [2.24, 2.45) is 0 Å². The molecule has 0 bridgehead atoms. The number of aromatic amines is 1. The van der Waals surface area contributed by atoms with Crippen molar-refractivity contribution in [3.63, 3.8) is 0 Å². The Balaban J connectivity index is 2.27. The van der Waals surface area contributed by atoms with E-state index in [1.165, 1.54) is 95.7 Å². The van der Waals surface area contributed by atoms with Crippen LogP contribution in [0.3, 0.4) is 0 Å². The summed E-state index contributed by atoms with van der Waals surface area (Å²) in [7, 11) is 0. The van der Waals surface area contributed by atoms with Gasteiger partial charge < -0.3 is 0 Å². The van der Waals surface area contributed by atoms with Crippen LogP contribution in [0.5, 0.6) is 0 Å². The minimum absolute atomic E-state index is 0.624. The van der Waals surface area contributed by atoms with Gasteiger partial charge in [-0.15, -0.1) is 0 Å². The van der Waals surface area contributed by atoms with Crippen molar-refractivity contribution >= 4 is 0 Å². The quantitative estimate of drug-likeness (QED) is 0.236. The summed E-state index contributed by atoms with van der Waals surface area (Å²) in [5, 5.41) is 0. The van der Waals surface area contributed by atoms with Gasteiger partial charge in [-0.3, -0.25) is 0 Å². The van der Waals surface area contributed by atoms with E-state index in [9.17, 15) is 0 Å². The Hall–Kier alpha value is -0.790. The molecule has 1 rings (SSSR count). The maximum Gasteiger partial charge on any atom is 0.257 e. The van der Waals surface area contributed by atoms with Gasteiger partial charge in [0.25, 0.3) is 5.82 Å². The lowest BCUT2D eigenvalue weighted by atomic mass is 10.00. The molecular weight excluding hydrogens is 304 g/mol. The number of hydrogen-bond donors (Lipinski definition) is 1. The molecule has 1 heterocycles. The zero-order valence-corrected chi connectivity index (χ0v) is 17.7. The van der Waals surface area contributed by atoms with E-state index >= 15 is 0 Å². The smallest absolute Gasteiger partial charge is 0.247 e. The van der Waals surface area contributed by atoms with Crippen LogP contribution in [0.15, 0.2) is 12.4 Å². The Labute approximate surface area is 157 Å². The van der Waals surface area contributed by atoms with Crippen molar-refractivity contribution < 1.29 is 4.57 Å². The molecule has 25 heavy (non-hydrogen) atoms. The molecule has 1 N–H and O–H groups in total. The van der Waals surface area contributed by atoms with Crippen LogP contribution < -0.4 is 4.57 Å². The topological polar surface area (TPSA) is 19.7 Å². The number of rotatable bonds is 16. The third-order valence-corrected chi connectivity index (χ3v) is 5.65. The molecule has 0 aliphatic carbocycles. The van der Waals surface area contributed by atoms with Crippen LogP contribution in [0.2, 0.25) is 0 Å². The SMILES string of the molecule is CCCCCCCCCC(C)c1[nH]cc[n+]1C(C)CCCCCCC. The number of H-pyrrole nitrogens is 1. The van der Waals surface area contributed by atoms with Crippen LogP contribution >= 0.6 is 0 Å². The predicted molar refractivity (Wildman–Crippen MR) is 110 cm³/mol. The van der Waals surface area contributed by atoms with E-state index in [0.717, 1.165) is 0 Å². The van der Waals surface area contributed by atoms with Crippen LogP contribution in [0.25, 0.3) is 0 Å². The number of unbranched alkanes of at least 4 members (excludes halogenated alkanes) is 10. The van der Waals surface area contributed by atoms with Crippen molar-refractivity contribution in [1.29, 1.82) is 0 Å². The molecule has 0 aromatic carbocycles. The summed E-state index contributed by atoms with van der Waals surface area (Å²) in [6.45, 7) is 9.36. The van der Waals surface area contributed by atoms with Gasteiger partial charge in [-0.2, -0.15) is 0 Å². The summed E-state index contributed by atoms with van der Waals surface area (Å²) in [6.07, 6.45) is 23.7. The molecule has 1 aromatic rings. The van der Waals surface area contributed by atoms with Crippen LogP contribution in [0.1, 0.15) is 135 Å². The Morgan fingerprint density at radius 2 is 1.28 bits per heavy atom. The highest BCUT2D eigenvalue weighted by Crippen LogP contribution is 2.21. The molecule has 2 unspecified atom stereocenters. The minimum atomic E-state index is 0.624. The highest BCUT2D eigenvalue weighted by molar-refractivity contribution is 4.87. The van der Waals surface area contributed by atoms with E-state index in [2.05, 4.69) is 49.6 Å². The van der Waals surface area contributed by atoms with Crippen molar-refractivity contribution in [3.05, 3.63) is 18.2 Å². The van der Waals surface area contributed by atoms with Crippen molar-refractivity contribution in [3.8, 4) is 0 Å². The summed E-state index contributed by atoms with van der Waals surface area (Å²) >= 11 is 0. The summed E-state index contributed by atoms with van der Waals surface area (Å²) in [5.41, 5.74) is 0. The van der Waals surface area contributed by atoms with Gasteiger partial charge in [0.15, 0.2) is 0 Å². The molecule has 0 fully saturated rings. The molecular formula is C23H45N2+. The van der Waals surface area contributed by atoms with E-state index in [1.54, 1.807) is 0 Å². The highest BCUT2D eigenvalue weighted by Gasteiger charge is 2.21. The molecule has 0 aliphatic heterocycles. The minimum Gasteiger partial charge on any atom is -0.247 e. The molecule has 2 nitrogen and oxygen atoms in total. The van der Waals surface area contributed by atoms with Gasteiger partial charge in [-0.1, -0.05) is 91.4 Å². The van der Waals surface area contributed by atoms with E-state index in [-0.39, 0.29) is 0 Å². The molecule has 0 saturated carbocycles. The van der Waals surface area contributed by atoms with Gasteiger partial charge in [0.05, 0.1) is 12.0 Å². The monoisotopic (exact) mass is 349 g/mol. The molecule has 0 aliphatic rings. The molecule has 0 saturated heterocycles. The lowest BCUT2D eigenvalue weighted by molar-refractivity contribution is -0.727. The highest BCUT2D eigenvalue weighted by atomic mass is 15.1. The predicted octanol–water partition coefficient (Wildman–Crippen LogP) is 7.47. The Morgan fingerprint density at radius 3 is 1.88 bits per heavy atom. The van der Waals surface area contributed by atoms with Crippen molar-refractivity contribution in [2.75, 3.05) is 0 Å². The van der Waals surface area contributed by atoms with Gasteiger partial charge in [-0.25, -0.2) is 9.55 Å². The van der Waals surface area contributed by atoms with Crippen molar-refractivity contribution in [1.82, 2.24) is 4.98 Å². The number of imidazole rings is 1. The zero-order valence-electron chi connectivity index (χ0n) is 17.7. The summed E-state index contributed by atoms with van der Waals surface area (Å²) in [4.78, 5) is 3.53. The normalized spacial score (nSPS) is 13.9. The molecule has 2 heteroatoms. The molecule has 2 atom stereocenters. The fraction of sp³-hybridized carbons (Fsp3) is 0.870. The fourth-order valence-electron chi connectivity index (χ4n) is 3.87. The molecule has 1 aromatic heterocycles. The molecule has 0 amide bonds. The number of hydrogen-bond acceptors (Lipinski definition) is 0. The average Bonchev–Trinajstić information content (AvgIpc) is 3.10. The van der Waals surface area contributed by atoms with Crippen LogP contribution in [0.4, 0.5) is 0 Å². The second kappa shape index (κ2) is 14.4. The van der Waals surface area contributed by atoms with Crippen LogP contribution in [-0.4, -0.2) is 4.98 Å². The van der Waals surface area contributed by atoms with Crippen molar-refractivity contribution in [2.45, 2.75) is 130 Å². The average molecular weight is 350 g/mol. The number of aromatic nitrogens is 2. The molecule has 0 radical (unpaired) electrons. The first-order valence-electron chi connectivity index (χ1n) is 11.3. The Morgan fingerprint density at radius 1 is 0.760 bits per heavy atom. The summed E-state index contributed by atoms with van der Waals surface area (Å²) < 4.78 is 2.51. The first-order valence-corrected chi connectivity index (χ1v) is 11.3. The third kappa shape index (κ3) is 9.47. The lowest BCUT2D eigenvalue weighted by Gasteiger charge is -2.14. The van der Waals surface area contributed by atoms with Gasteiger partial charge in [0.1, 0.15) is 12.4 Å². The van der Waals surface area contributed by atoms with Crippen LogP contribution in [-0.2, 0) is 0 Å². The third-order valence-electron chi connectivity index (χ3n) is 5.65. The van der Waals surface area contributed by atoms with E-state index in [1.807, 2.05) is 0 Å². The van der Waals surface area contributed by atoms with Gasteiger partial charge in [-0.05, 0) is 26.2 Å². The van der Waals surface area contributed by atoms with E-state index < -0.39 is 0 Å². The Kier molecular flexibility index (Phi) is 12.8. The van der Waals surface area contributed by atoms with Gasteiger partial charge in [0.2, 0.25) is 0 Å². The Bertz CT molecular complexity index is 410. The van der Waals surface area contributed by atoms with Gasteiger partial charge in [0, 0.05) is 0 Å². The lowest BCUT2D eigenvalue weighted by Crippen LogP contribution is -2.40. The maximum atomic E-state index is 3.53.